The predicted octanol–water partition coefficient (Wildman–Crippen LogP) is 3.84. The fraction of sp³-hybridized carbons (Fsp3) is 0.625. The zero-order chi connectivity index (χ0) is 13.7. The molecule has 0 saturated carbocycles. The zero-order valence-electron chi connectivity index (χ0n) is 12.2. The van der Waals surface area contributed by atoms with Crippen molar-refractivity contribution in [3.8, 4) is 5.75 Å². The zero-order valence-corrected chi connectivity index (χ0v) is 12.2. The summed E-state index contributed by atoms with van der Waals surface area (Å²) < 4.78 is 11.4. The fourth-order valence-corrected chi connectivity index (χ4v) is 2.34. The van der Waals surface area contributed by atoms with Crippen molar-refractivity contribution in [3.63, 3.8) is 0 Å². The second-order valence-electron chi connectivity index (χ2n) is 5.41. The third-order valence-electron chi connectivity index (χ3n) is 3.60. The van der Waals surface area contributed by atoms with Gasteiger partial charge in [0.15, 0.2) is 0 Å². The molecule has 3 nitrogen and oxygen atoms in total. The minimum absolute atomic E-state index is 0.262. The smallest absolute Gasteiger partial charge is 0.121 e. The monoisotopic (exact) mass is 263 g/mol. The minimum Gasteiger partial charge on any atom is -0.491 e. The van der Waals surface area contributed by atoms with E-state index in [0.29, 0.717) is 12.1 Å². The minimum atomic E-state index is 0.262. The Morgan fingerprint density at radius 3 is 3.05 bits per heavy atom. The van der Waals surface area contributed by atoms with Crippen LogP contribution in [-0.2, 0) is 4.74 Å². The van der Waals surface area contributed by atoms with Gasteiger partial charge in [-0.05, 0) is 45.2 Å². The van der Waals surface area contributed by atoms with Crippen LogP contribution in [0.25, 0.3) is 0 Å². The molecule has 1 saturated heterocycles. The third-order valence-corrected chi connectivity index (χ3v) is 3.60. The Morgan fingerprint density at radius 1 is 1.47 bits per heavy atom. The molecule has 1 N–H and O–H groups in total. The molecule has 2 rings (SSSR count). The molecular weight excluding hydrogens is 238 g/mol. The molecule has 1 heterocycles. The molecule has 19 heavy (non-hydrogen) atoms. The molecule has 1 aliphatic rings. The van der Waals surface area contributed by atoms with Crippen molar-refractivity contribution in [2.75, 3.05) is 11.9 Å². The summed E-state index contributed by atoms with van der Waals surface area (Å²) in [6, 6.07) is 8.76. The summed E-state index contributed by atoms with van der Waals surface area (Å²) in [5, 5.41) is 3.58. The maximum atomic E-state index is 5.85. The lowest BCUT2D eigenvalue weighted by Gasteiger charge is -2.28. The molecule has 3 unspecified atom stereocenters. The van der Waals surface area contributed by atoms with E-state index < -0.39 is 0 Å². The molecule has 1 aromatic rings. The highest BCUT2D eigenvalue weighted by Gasteiger charge is 2.19. The Kier molecular flexibility index (Phi) is 5.08. The summed E-state index contributed by atoms with van der Waals surface area (Å²) in [6.07, 6.45) is 3.77. The van der Waals surface area contributed by atoms with Gasteiger partial charge in [0.25, 0.3) is 0 Å². The number of rotatable bonds is 5. The van der Waals surface area contributed by atoms with Crippen LogP contribution in [-0.4, -0.2) is 24.9 Å². The normalized spacial score (nSPS) is 24.8. The van der Waals surface area contributed by atoms with Crippen LogP contribution in [0.5, 0.6) is 5.75 Å². The molecule has 0 aromatic heterocycles. The second kappa shape index (κ2) is 6.80. The van der Waals surface area contributed by atoms with Crippen LogP contribution in [0.2, 0.25) is 0 Å². The van der Waals surface area contributed by atoms with E-state index in [9.17, 15) is 0 Å². The van der Waals surface area contributed by atoms with Crippen molar-refractivity contribution in [1.29, 1.82) is 0 Å². The highest BCUT2D eigenvalue weighted by atomic mass is 16.5. The molecule has 0 radical (unpaired) electrons. The molecule has 0 spiro atoms. The van der Waals surface area contributed by atoms with E-state index in [1.807, 2.05) is 12.1 Å². The Bertz CT molecular complexity index is 394. The maximum Gasteiger partial charge on any atom is 0.121 e. The highest BCUT2D eigenvalue weighted by molar-refractivity contribution is 5.49. The van der Waals surface area contributed by atoms with Crippen LogP contribution in [0, 0.1) is 0 Å². The lowest BCUT2D eigenvalue weighted by Crippen LogP contribution is -2.32. The first kappa shape index (κ1) is 14.2. The lowest BCUT2D eigenvalue weighted by molar-refractivity contribution is 0.0232. The van der Waals surface area contributed by atoms with Gasteiger partial charge in [0, 0.05) is 24.4 Å². The summed E-state index contributed by atoms with van der Waals surface area (Å²) in [4.78, 5) is 0. The van der Waals surface area contributed by atoms with Crippen LogP contribution in [0.15, 0.2) is 24.3 Å². The van der Waals surface area contributed by atoms with E-state index in [-0.39, 0.29) is 6.10 Å². The van der Waals surface area contributed by atoms with Crippen molar-refractivity contribution in [2.24, 2.45) is 0 Å². The number of benzene rings is 1. The molecule has 1 fully saturated rings. The summed E-state index contributed by atoms with van der Waals surface area (Å²) in [5.74, 6) is 0.944. The van der Waals surface area contributed by atoms with Crippen molar-refractivity contribution in [2.45, 2.75) is 58.3 Å². The van der Waals surface area contributed by atoms with E-state index >= 15 is 0 Å². The molecule has 1 aromatic carbocycles. The molecule has 106 valence electrons. The summed E-state index contributed by atoms with van der Waals surface area (Å²) in [5.41, 5.74) is 1.14. The van der Waals surface area contributed by atoms with Crippen molar-refractivity contribution in [3.05, 3.63) is 24.3 Å². The van der Waals surface area contributed by atoms with E-state index in [2.05, 4.69) is 38.2 Å². The standard InChI is InChI=1S/C16H25NO2/c1-4-12(2)19-16-7-5-6-14(11-16)17-15-8-9-18-13(3)10-15/h5-7,11-13,15,17H,4,8-10H2,1-3H3. The molecule has 3 atom stereocenters. The molecule has 3 heteroatoms. The Balaban J connectivity index is 1.94. The molecule has 0 bridgehead atoms. The van der Waals surface area contributed by atoms with Gasteiger partial charge in [-0.25, -0.2) is 0 Å². The number of ether oxygens (including phenoxy) is 2. The van der Waals surface area contributed by atoms with E-state index in [1.165, 1.54) is 0 Å². The van der Waals surface area contributed by atoms with Gasteiger partial charge < -0.3 is 14.8 Å². The molecule has 1 aliphatic heterocycles. The average Bonchev–Trinajstić information content (AvgIpc) is 2.39. The van der Waals surface area contributed by atoms with E-state index in [4.69, 9.17) is 9.47 Å². The van der Waals surface area contributed by atoms with Gasteiger partial charge in [-0.2, -0.15) is 0 Å². The summed E-state index contributed by atoms with van der Waals surface area (Å²) >= 11 is 0. The number of anilines is 1. The van der Waals surface area contributed by atoms with Crippen LogP contribution >= 0.6 is 0 Å². The van der Waals surface area contributed by atoms with Gasteiger partial charge in [0.2, 0.25) is 0 Å². The Labute approximate surface area is 116 Å². The van der Waals surface area contributed by atoms with Crippen molar-refractivity contribution < 1.29 is 9.47 Å². The second-order valence-corrected chi connectivity index (χ2v) is 5.41. The SMILES string of the molecule is CCC(C)Oc1cccc(NC2CCOC(C)C2)c1. The topological polar surface area (TPSA) is 30.5 Å². The van der Waals surface area contributed by atoms with Crippen LogP contribution in [0.4, 0.5) is 5.69 Å². The number of hydrogen-bond donors (Lipinski definition) is 1. The fourth-order valence-electron chi connectivity index (χ4n) is 2.34. The highest BCUT2D eigenvalue weighted by Crippen LogP contribution is 2.23. The van der Waals surface area contributed by atoms with Crippen LogP contribution in [0.3, 0.4) is 0 Å². The number of nitrogens with one attached hydrogen (secondary N) is 1. The Morgan fingerprint density at radius 2 is 2.32 bits per heavy atom. The van der Waals surface area contributed by atoms with Gasteiger partial charge >= 0.3 is 0 Å². The van der Waals surface area contributed by atoms with Gasteiger partial charge in [0.1, 0.15) is 5.75 Å². The van der Waals surface area contributed by atoms with Crippen molar-refractivity contribution >= 4 is 5.69 Å². The van der Waals surface area contributed by atoms with Crippen LogP contribution in [0.1, 0.15) is 40.0 Å². The van der Waals surface area contributed by atoms with Gasteiger partial charge in [-0.3, -0.25) is 0 Å². The number of hydrogen-bond acceptors (Lipinski definition) is 3. The third kappa shape index (κ3) is 4.43. The van der Waals surface area contributed by atoms with Gasteiger partial charge in [-0.15, -0.1) is 0 Å². The van der Waals surface area contributed by atoms with E-state index in [1.54, 1.807) is 0 Å². The molecular formula is C16H25NO2. The summed E-state index contributed by atoms with van der Waals surface area (Å²) in [6.45, 7) is 7.22. The first-order valence-corrected chi connectivity index (χ1v) is 7.32. The van der Waals surface area contributed by atoms with Crippen LogP contribution < -0.4 is 10.1 Å². The largest absolute Gasteiger partial charge is 0.491 e. The predicted molar refractivity (Wildman–Crippen MR) is 78.9 cm³/mol. The van der Waals surface area contributed by atoms with E-state index in [0.717, 1.165) is 37.3 Å². The first-order chi connectivity index (χ1) is 9.17. The Hall–Kier alpha value is -1.22. The average molecular weight is 263 g/mol. The van der Waals surface area contributed by atoms with Crippen molar-refractivity contribution in [1.82, 2.24) is 0 Å². The quantitative estimate of drug-likeness (QED) is 0.875. The first-order valence-electron chi connectivity index (χ1n) is 7.32. The maximum absolute atomic E-state index is 5.85. The molecule has 0 amide bonds. The van der Waals surface area contributed by atoms with Gasteiger partial charge in [-0.1, -0.05) is 13.0 Å². The summed E-state index contributed by atoms with van der Waals surface area (Å²) in [7, 11) is 0. The van der Waals surface area contributed by atoms with Gasteiger partial charge in [0.05, 0.1) is 12.2 Å². The lowest BCUT2D eigenvalue weighted by atomic mass is 10.0. The molecule has 0 aliphatic carbocycles.